The van der Waals surface area contributed by atoms with Crippen LogP contribution in [0.1, 0.15) is 29.0 Å². The number of hydrogen-bond acceptors (Lipinski definition) is 6. The van der Waals surface area contributed by atoms with Crippen molar-refractivity contribution >= 4 is 11.9 Å². The lowest BCUT2D eigenvalue weighted by Crippen LogP contribution is -2.45. The van der Waals surface area contributed by atoms with E-state index in [9.17, 15) is 9.59 Å². The van der Waals surface area contributed by atoms with Crippen molar-refractivity contribution in [2.24, 2.45) is 5.73 Å². The number of carbonyl (C=O) groups is 2. The summed E-state index contributed by atoms with van der Waals surface area (Å²) in [7, 11) is 1.34. The summed E-state index contributed by atoms with van der Waals surface area (Å²) in [6, 6.07) is 2.06. The lowest BCUT2D eigenvalue weighted by atomic mass is 10.0. The summed E-state index contributed by atoms with van der Waals surface area (Å²) in [5, 5.41) is 3.39. The van der Waals surface area contributed by atoms with Crippen LogP contribution in [0.2, 0.25) is 0 Å². The second-order valence-electron chi connectivity index (χ2n) is 5.19. The molecule has 3 N–H and O–H groups in total. The van der Waals surface area contributed by atoms with Crippen molar-refractivity contribution in [1.29, 1.82) is 0 Å². The van der Waals surface area contributed by atoms with E-state index >= 15 is 0 Å². The number of nitrogens with two attached hydrogens (primary N) is 1. The standard InChI is InChI=1S/C14H21N3O4/c1-20-14(19)10-6-12(21-9-10)7-16-11-2-4-17(5-3-11)8-13(15)18/h6,9,11,16H,2-5,7-8H2,1H3,(H2,15,18). The van der Waals surface area contributed by atoms with Gasteiger partial charge in [-0.3, -0.25) is 9.69 Å². The number of methoxy groups -OCH3 is 1. The molecule has 2 rings (SSSR count). The number of esters is 1. The van der Waals surface area contributed by atoms with Gasteiger partial charge in [-0.25, -0.2) is 4.79 Å². The number of carbonyl (C=O) groups excluding carboxylic acids is 2. The largest absolute Gasteiger partial charge is 0.467 e. The van der Waals surface area contributed by atoms with Gasteiger partial charge in [-0.15, -0.1) is 0 Å². The summed E-state index contributed by atoms with van der Waals surface area (Å²) in [6.07, 6.45) is 3.31. The first-order valence-corrected chi connectivity index (χ1v) is 6.98. The highest BCUT2D eigenvalue weighted by Crippen LogP contribution is 2.13. The van der Waals surface area contributed by atoms with Crippen LogP contribution in [-0.2, 0) is 16.1 Å². The van der Waals surface area contributed by atoms with Crippen LogP contribution in [0.4, 0.5) is 0 Å². The topological polar surface area (TPSA) is 97.8 Å². The zero-order valence-electron chi connectivity index (χ0n) is 12.1. The minimum Gasteiger partial charge on any atom is -0.467 e. The average molecular weight is 295 g/mol. The molecule has 1 amide bonds. The van der Waals surface area contributed by atoms with E-state index in [4.69, 9.17) is 10.2 Å². The fraction of sp³-hybridized carbons (Fsp3) is 0.571. The van der Waals surface area contributed by atoms with Crippen molar-refractivity contribution in [3.63, 3.8) is 0 Å². The number of rotatable bonds is 6. The van der Waals surface area contributed by atoms with Gasteiger partial charge in [0.2, 0.25) is 5.91 Å². The Morgan fingerprint density at radius 2 is 2.19 bits per heavy atom. The number of primary amides is 1. The van der Waals surface area contributed by atoms with Crippen LogP contribution in [-0.4, -0.2) is 49.6 Å². The summed E-state index contributed by atoms with van der Waals surface area (Å²) in [4.78, 5) is 24.2. The Morgan fingerprint density at radius 3 is 2.81 bits per heavy atom. The van der Waals surface area contributed by atoms with Crippen molar-refractivity contribution in [3.05, 3.63) is 23.7 Å². The third-order valence-corrected chi connectivity index (χ3v) is 3.61. The molecule has 1 aromatic rings. The van der Waals surface area contributed by atoms with E-state index in [0.717, 1.165) is 25.9 Å². The molecule has 1 aliphatic heterocycles. The zero-order valence-corrected chi connectivity index (χ0v) is 12.1. The van der Waals surface area contributed by atoms with Crippen LogP contribution < -0.4 is 11.1 Å². The Kier molecular flexibility index (Phi) is 5.35. The van der Waals surface area contributed by atoms with Gasteiger partial charge in [0.1, 0.15) is 12.0 Å². The first-order chi connectivity index (χ1) is 10.1. The minimum absolute atomic E-state index is 0.285. The van der Waals surface area contributed by atoms with Crippen LogP contribution in [0, 0.1) is 0 Å². The molecule has 1 fully saturated rings. The molecule has 116 valence electrons. The van der Waals surface area contributed by atoms with E-state index in [0.29, 0.717) is 30.5 Å². The Bertz CT molecular complexity index is 492. The molecule has 0 aliphatic carbocycles. The molecular weight excluding hydrogens is 274 g/mol. The molecule has 0 aromatic carbocycles. The van der Waals surface area contributed by atoms with E-state index in [1.807, 2.05) is 0 Å². The number of ether oxygens (including phenoxy) is 1. The maximum Gasteiger partial charge on any atom is 0.341 e. The van der Waals surface area contributed by atoms with Gasteiger partial charge in [-0.2, -0.15) is 0 Å². The molecule has 0 saturated carbocycles. The smallest absolute Gasteiger partial charge is 0.341 e. The second-order valence-corrected chi connectivity index (χ2v) is 5.19. The molecular formula is C14H21N3O4. The van der Waals surface area contributed by atoms with Crippen LogP contribution in [0.5, 0.6) is 0 Å². The predicted molar refractivity (Wildman–Crippen MR) is 75.5 cm³/mol. The third kappa shape index (κ3) is 4.57. The Balaban J connectivity index is 1.73. The normalized spacial score (nSPS) is 16.8. The average Bonchev–Trinajstić information content (AvgIpc) is 2.94. The van der Waals surface area contributed by atoms with E-state index < -0.39 is 5.97 Å². The van der Waals surface area contributed by atoms with Crippen molar-refractivity contribution in [1.82, 2.24) is 10.2 Å². The maximum absolute atomic E-state index is 11.3. The van der Waals surface area contributed by atoms with Crippen molar-refractivity contribution in [2.45, 2.75) is 25.4 Å². The van der Waals surface area contributed by atoms with Crippen LogP contribution >= 0.6 is 0 Å². The molecule has 1 aromatic heterocycles. The first kappa shape index (κ1) is 15.5. The number of piperidine rings is 1. The SMILES string of the molecule is COC(=O)c1coc(CNC2CCN(CC(N)=O)CC2)c1. The predicted octanol–water partition coefficient (Wildman–Crippen LogP) is 0.106. The van der Waals surface area contributed by atoms with E-state index in [2.05, 4.69) is 15.0 Å². The molecule has 21 heavy (non-hydrogen) atoms. The van der Waals surface area contributed by atoms with Gasteiger partial charge in [0.15, 0.2) is 0 Å². The summed E-state index contributed by atoms with van der Waals surface area (Å²) >= 11 is 0. The first-order valence-electron chi connectivity index (χ1n) is 6.98. The Hall–Kier alpha value is -1.86. The summed E-state index contributed by atoms with van der Waals surface area (Å²) in [6.45, 7) is 2.60. The van der Waals surface area contributed by atoms with Crippen LogP contribution in [0.3, 0.4) is 0 Å². The zero-order chi connectivity index (χ0) is 15.2. The summed E-state index contributed by atoms with van der Waals surface area (Å²) in [5.74, 6) is 0.0204. The molecule has 7 nitrogen and oxygen atoms in total. The molecule has 0 atom stereocenters. The van der Waals surface area contributed by atoms with E-state index in [-0.39, 0.29) is 5.91 Å². The minimum atomic E-state index is -0.398. The molecule has 1 saturated heterocycles. The van der Waals surface area contributed by atoms with Gasteiger partial charge >= 0.3 is 5.97 Å². The van der Waals surface area contributed by atoms with Gasteiger partial charge in [0.05, 0.1) is 25.8 Å². The molecule has 0 spiro atoms. The van der Waals surface area contributed by atoms with Crippen molar-refractivity contribution < 1.29 is 18.7 Å². The van der Waals surface area contributed by atoms with Gasteiger partial charge in [0.25, 0.3) is 0 Å². The number of nitrogens with zero attached hydrogens (tertiary/aromatic N) is 1. The lowest BCUT2D eigenvalue weighted by molar-refractivity contribution is -0.119. The van der Waals surface area contributed by atoms with Crippen molar-refractivity contribution in [2.75, 3.05) is 26.7 Å². The van der Waals surface area contributed by atoms with E-state index in [1.165, 1.54) is 13.4 Å². The number of likely N-dealkylation sites (tertiary alicyclic amines) is 1. The highest BCUT2D eigenvalue weighted by molar-refractivity contribution is 5.88. The van der Waals surface area contributed by atoms with E-state index in [1.54, 1.807) is 6.07 Å². The molecule has 0 radical (unpaired) electrons. The highest BCUT2D eigenvalue weighted by atomic mass is 16.5. The van der Waals surface area contributed by atoms with Gasteiger partial charge in [-0.1, -0.05) is 0 Å². The molecule has 0 unspecified atom stereocenters. The van der Waals surface area contributed by atoms with Crippen molar-refractivity contribution in [3.8, 4) is 0 Å². The van der Waals surface area contributed by atoms with Gasteiger partial charge in [0, 0.05) is 19.1 Å². The Morgan fingerprint density at radius 1 is 1.48 bits per heavy atom. The van der Waals surface area contributed by atoms with Crippen LogP contribution in [0.15, 0.2) is 16.7 Å². The number of hydrogen-bond donors (Lipinski definition) is 2. The maximum atomic E-state index is 11.3. The number of furan rings is 1. The fourth-order valence-corrected chi connectivity index (χ4v) is 2.46. The van der Waals surface area contributed by atoms with Gasteiger partial charge in [-0.05, 0) is 18.9 Å². The number of nitrogens with one attached hydrogen (secondary N) is 1. The fourth-order valence-electron chi connectivity index (χ4n) is 2.46. The highest BCUT2D eigenvalue weighted by Gasteiger charge is 2.20. The number of amides is 1. The molecule has 7 heteroatoms. The molecule has 2 heterocycles. The quantitative estimate of drug-likeness (QED) is 0.723. The summed E-state index contributed by atoms with van der Waals surface area (Å²) < 4.78 is 9.94. The Labute approximate surface area is 123 Å². The van der Waals surface area contributed by atoms with Gasteiger partial charge < -0.3 is 20.2 Å². The molecule has 0 bridgehead atoms. The third-order valence-electron chi connectivity index (χ3n) is 3.61. The van der Waals surface area contributed by atoms with Crippen LogP contribution in [0.25, 0.3) is 0 Å². The summed E-state index contributed by atoms with van der Waals surface area (Å²) in [5.41, 5.74) is 5.61. The monoisotopic (exact) mass is 295 g/mol. The lowest BCUT2D eigenvalue weighted by Gasteiger charge is -2.31. The second kappa shape index (κ2) is 7.24. The molecule has 1 aliphatic rings.